The number of benzene rings is 5. The molecule has 5 aromatic carbocycles. The van der Waals surface area contributed by atoms with Crippen LogP contribution in [0.1, 0.15) is 63.7 Å². The van der Waals surface area contributed by atoms with E-state index in [-0.39, 0.29) is 46.6 Å². The number of ketones is 2. The molecule has 0 aromatic heterocycles. The lowest BCUT2D eigenvalue weighted by Crippen LogP contribution is -2.27. The molecule has 1 aliphatic carbocycles. The van der Waals surface area contributed by atoms with Gasteiger partial charge in [-0.05, 0) is 56.9 Å². The molecule has 0 radical (unpaired) electrons. The lowest BCUT2D eigenvalue weighted by atomic mass is 9.80. The smallest absolute Gasteiger partial charge is 0.339 e. The molecule has 4 bridgehead atoms. The van der Waals surface area contributed by atoms with Gasteiger partial charge in [0.2, 0.25) is 0 Å². The Morgan fingerprint density at radius 3 is 1.42 bits per heavy atom. The van der Waals surface area contributed by atoms with Crippen molar-refractivity contribution in [3.05, 3.63) is 129 Å². The summed E-state index contributed by atoms with van der Waals surface area (Å²) in [7, 11) is 0. The molecule has 1 heterocycles. The maximum Gasteiger partial charge on any atom is 0.339 e. The van der Waals surface area contributed by atoms with Gasteiger partial charge in [-0.3, -0.25) is 9.59 Å². The van der Waals surface area contributed by atoms with Crippen molar-refractivity contribution in [2.75, 3.05) is 0 Å². The molecule has 6 heteroatoms. The minimum atomic E-state index is -0.725. The number of rotatable bonds is 0. The van der Waals surface area contributed by atoms with Crippen molar-refractivity contribution < 1.29 is 28.7 Å². The number of hydrogen-bond donors (Lipinski definition) is 0. The first kappa shape index (κ1) is 22.1. The summed E-state index contributed by atoms with van der Waals surface area (Å²) in [6.45, 7) is -0.0427. The molecule has 7 rings (SSSR count). The Morgan fingerprint density at radius 2 is 0.921 bits per heavy atom. The van der Waals surface area contributed by atoms with Crippen LogP contribution in [0, 0.1) is 0 Å². The maximum absolute atomic E-state index is 13.8. The van der Waals surface area contributed by atoms with Crippen molar-refractivity contribution in [1.29, 1.82) is 0 Å². The number of esters is 2. The topological polar surface area (TPSA) is 86.7 Å². The van der Waals surface area contributed by atoms with Gasteiger partial charge in [-0.25, -0.2) is 9.59 Å². The summed E-state index contributed by atoms with van der Waals surface area (Å²) in [5.74, 6) is -2.48. The molecule has 38 heavy (non-hydrogen) atoms. The molecule has 0 amide bonds. The quantitative estimate of drug-likeness (QED) is 0.194. The van der Waals surface area contributed by atoms with E-state index in [1.807, 2.05) is 42.5 Å². The Bertz CT molecular complexity index is 1770. The number of ether oxygens (including phenoxy) is 2. The summed E-state index contributed by atoms with van der Waals surface area (Å²) in [5.41, 5.74) is 1.62. The fourth-order valence-electron chi connectivity index (χ4n) is 5.46. The lowest BCUT2D eigenvalue weighted by molar-refractivity contribution is 0.0466. The first-order valence-corrected chi connectivity index (χ1v) is 12.1. The van der Waals surface area contributed by atoms with Crippen LogP contribution in [-0.2, 0) is 22.7 Å². The molecule has 0 saturated carbocycles. The Labute approximate surface area is 216 Å². The molecule has 0 atom stereocenters. The van der Waals surface area contributed by atoms with Gasteiger partial charge < -0.3 is 9.47 Å². The van der Waals surface area contributed by atoms with Crippen molar-refractivity contribution in [2.45, 2.75) is 13.2 Å². The van der Waals surface area contributed by atoms with Crippen LogP contribution in [0.3, 0.4) is 0 Å². The number of cyclic esters (lactones) is 2. The number of hydrogen-bond acceptors (Lipinski definition) is 6. The van der Waals surface area contributed by atoms with E-state index in [1.54, 1.807) is 12.1 Å². The van der Waals surface area contributed by atoms with Gasteiger partial charge in [-0.15, -0.1) is 0 Å². The summed E-state index contributed by atoms with van der Waals surface area (Å²) < 4.78 is 11.4. The van der Waals surface area contributed by atoms with Crippen LogP contribution in [-0.4, -0.2) is 23.5 Å². The number of carbonyl (C=O) groups excluding carboxylic acids is 4. The van der Waals surface area contributed by atoms with Gasteiger partial charge in [0.15, 0.2) is 11.6 Å². The Hall–Kier alpha value is -5.10. The summed E-state index contributed by atoms with van der Waals surface area (Å²) in [5, 5.41) is 3.74. The van der Waals surface area contributed by atoms with E-state index in [0.29, 0.717) is 0 Å². The van der Waals surface area contributed by atoms with Gasteiger partial charge in [0, 0.05) is 22.3 Å². The van der Waals surface area contributed by atoms with E-state index in [1.165, 1.54) is 24.3 Å². The fourth-order valence-corrected chi connectivity index (χ4v) is 5.46. The van der Waals surface area contributed by atoms with Gasteiger partial charge in [0.1, 0.15) is 13.2 Å². The van der Waals surface area contributed by atoms with E-state index < -0.39 is 23.5 Å². The van der Waals surface area contributed by atoms with Gasteiger partial charge in [0.05, 0.1) is 11.1 Å². The molecule has 6 nitrogen and oxygen atoms in total. The molecule has 0 saturated heterocycles. The predicted molar refractivity (Wildman–Crippen MR) is 139 cm³/mol. The third-order valence-electron chi connectivity index (χ3n) is 7.29. The highest BCUT2D eigenvalue weighted by Gasteiger charge is 2.36. The summed E-state index contributed by atoms with van der Waals surface area (Å²) in [6.07, 6.45) is 0. The van der Waals surface area contributed by atoms with Crippen LogP contribution in [0.25, 0.3) is 21.5 Å². The van der Waals surface area contributed by atoms with Gasteiger partial charge >= 0.3 is 11.9 Å². The lowest BCUT2D eigenvalue weighted by Gasteiger charge is -2.22. The van der Waals surface area contributed by atoms with E-state index in [0.717, 1.165) is 32.7 Å². The van der Waals surface area contributed by atoms with Crippen molar-refractivity contribution >= 4 is 45.0 Å². The van der Waals surface area contributed by atoms with Crippen molar-refractivity contribution in [2.24, 2.45) is 0 Å². The molecule has 5 aromatic rings. The van der Waals surface area contributed by atoms with Gasteiger partial charge in [0.25, 0.3) is 0 Å². The van der Waals surface area contributed by atoms with Crippen LogP contribution in [0.4, 0.5) is 0 Å². The first-order chi connectivity index (χ1) is 18.5. The predicted octanol–water partition coefficient (Wildman–Crippen LogP) is 5.80. The highest BCUT2D eigenvalue weighted by Crippen LogP contribution is 2.34. The SMILES string of the molecule is O=C1OCc2cccc3cc4cccc(c4cc23)COC(=O)c2cccc3c2C(=O)c2c1cccc2C3=O. The second-order valence-electron chi connectivity index (χ2n) is 9.40. The zero-order chi connectivity index (χ0) is 26.0. The normalized spacial score (nSPS) is 14.7. The van der Waals surface area contributed by atoms with E-state index in [4.69, 9.17) is 9.47 Å². The van der Waals surface area contributed by atoms with E-state index >= 15 is 0 Å². The van der Waals surface area contributed by atoms with Crippen LogP contribution in [0.15, 0.2) is 84.9 Å². The van der Waals surface area contributed by atoms with Crippen LogP contribution in [0.2, 0.25) is 0 Å². The average Bonchev–Trinajstić information content (AvgIpc) is 2.95. The minimum Gasteiger partial charge on any atom is -0.457 e. The third-order valence-corrected chi connectivity index (χ3v) is 7.29. The van der Waals surface area contributed by atoms with E-state index in [2.05, 4.69) is 6.07 Å². The highest BCUT2D eigenvalue weighted by atomic mass is 16.5. The Kier molecular flexibility index (Phi) is 4.78. The van der Waals surface area contributed by atoms with Crippen molar-refractivity contribution in [3.8, 4) is 0 Å². The minimum absolute atomic E-state index is 0.0188. The third kappa shape index (κ3) is 3.20. The molecule has 0 spiro atoms. The largest absolute Gasteiger partial charge is 0.457 e. The summed E-state index contributed by atoms with van der Waals surface area (Å²) in [4.78, 5) is 53.8. The first-order valence-electron chi connectivity index (χ1n) is 12.1. The molecular weight excluding hydrogens is 480 g/mol. The van der Waals surface area contributed by atoms with Gasteiger partial charge in [-0.2, -0.15) is 0 Å². The Morgan fingerprint density at radius 1 is 0.474 bits per heavy atom. The molecule has 1 aliphatic heterocycles. The van der Waals surface area contributed by atoms with Crippen LogP contribution < -0.4 is 0 Å². The zero-order valence-corrected chi connectivity index (χ0v) is 19.9. The summed E-state index contributed by atoms with van der Waals surface area (Å²) >= 11 is 0. The van der Waals surface area contributed by atoms with Crippen molar-refractivity contribution in [1.82, 2.24) is 0 Å². The molecule has 0 N–H and O–H groups in total. The number of carbonyl (C=O) groups is 4. The molecule has 2 aliphatic rings. The van der Waals surface area contributed by atoms with Gasteiger partial charge in [-0.1, -0.05) is 60.7 Å². The molecule has 182 valence electrons. The Balaban J connectivity index is 1.47. The van der Waals surface area contributed by atoms with Crippen LogP contribution in [0.5, 0.6) is 0 Å². The molecule has 0 fully saturated rings. The van der Waals surface area contributed by atoms with E-state index in [9.17, 15) is 19.2 Å². The highest BCUT2D eigenvalue weighted by molar-refractivity contribution is 6.32. The molecular formula is C32H18O6. The average molecular weight is 498 g/mol. The molecule has 0 unspecified atom stereocenters. The monoisotopic (exact) mass is 498 g/mol. The maximum atomic E-state index is 13.8. The summed E-state index contributed by atoms with van der Waals surface area (Å²) in [6, 6.07) is 24.6. The van der Waals surface area contributed by atoms with Crippen molar-refractivity contribution in [3.63, 3.8) is 0 Å². The standard InChI is InChI=1S/C32H18O6/c33-29-21-9-3-11-23-27(21)30(34)28-22(29)10-4-12-24(28)32(36)38-16-20-8-2-6-18-13-17-5-1-7-19(15-37-31(23)35)25(17)14-26(18)20/h1-14H,15-16H2. The fraction of sp³-hybridized carbons (Fsp3) is 0.0625. The van der Waals surface area contributed by atoms with Crippen LogP contribution >= 0.6 is 0 Å². The second-order valence-corrected chi connectivity index (χ2v) is 9.40. The zero-order valence-electron chi connectivity index (χ0n) is 19.9. The second kappa shape index (κ2) is 8.21.